The monoisotopic (exact) mass is 303 g/mol. The number of amidine groups is 1. The van der Waals surface area contributed by atoms with Gasteiger partial charge in [0.25, 0.3) is 0 Å². The number of rotatable bonds is 1. The summed E-state index contributed by atoms with van der Waals surface area (Å²) in [6.45, 7) is 5.42. The Labute approximate surface area is 128 Å². The second-order valence-electron chi connectivity index (χ2n) is 5.33. The number of aryl methyl sites for hydroxylation is 1. The second-order valence-corrected chi connectivity index (χ2v) is 6.39. The lowest BCUT2D eigenvalue weighted by Gasteiger charge is -2.28. The van der Waals surface area contributed by atoms with Crippen LogP contribution in [0.15, 0.2) is 34.3 Å². The molecule has 110 valence electrons. The van der Waals surface area contributed by atoms with Crippen LogP contribution in [-0.4, -0.2) is 53.9 Å². The van der Waals surface area contributed by atoms with Gasteiger partial charge in [-0.05, 0) is 30.8 Å². The fourth-order valence-electron chi connectivity index (χ4n) is 2.55. The molecule has 0 spiro atoms. The number of fused-ring (bicyclic) bond motifs is 1. The third-order valence-electron chi connectivity index (χ3n) is 3.77. The number of hydrogen-bond acceptors (Lipinski definition) is 6. The fourth-order valence-corrected chi connectivity index (χ4v) is 3.64. The third-order valence-corrected chi connectivity index (χ3v) is 4.91. The third kappa shape index (κ3) is 2.53. The first-order valence-corrected chi connectivity index (χ1v) is 8.06. The van der Waals surface area contributed by atoms with Crippen LogP contribution in [0.25, 0.3) is 0 Å². The maximum absolute atomic E-state index is 5.97. The van der Waals surface area contributed by atoms with Gasteiger partial charge in [-0.2, -0.15) is 0 Å². The van der Waals surface area contributed by atoms with Crippen molar-refractivity contribution in [1.82, 2.24) is 4.90 Å². The Morgan fingerprint density at radius 1 is 1.14 bits per heavy atom. The summed E-state index contributed by atoms with van der Waals surface area (Å²) in [4.78, 5) is 11.6. The first-order chi connectivity index (χ1) is 10.3. The molecule has 3 aliphatic rings. The average Bonchev–Trinajstić information content (AvgIpc) is 3.07. The molecule has 0 bridgehead atoms. The zero-order valence-corrected chi connectivity index (χ0v) is 12.7. The van der Waals surface area contributed by atoms with E-state index in [-0.39, 0.29) is 11.6 Å². The molecule has 2 unspecified atom stereocenters. The van der Waals surface area contributed by atoms with E-state index in [1.54, 1.807) is 11.8 Å². The lowest BCUT2D eigenvalue weighted by atomic mass is 10.1. The Balaban J connectivity index is 1.51. The topological polar surface area (TPSA) is 46.4 Å². The van der Waals surface area contributed by atoms with E-state index in [2.05, 4.69) is 28.9 Å². The molecule has 2 atom stereocenters. The van der Waals surface area contributed by atoms with Gasteiger partial charge >= 0.3 is 0 Å². The predicted octanol–water partition coefficient (Wildman–Crippen LogP) is 1.86. The minimum atomic E-state index is -0.107. The van der Waals surface area contributed by atoms with Crippen molar-refractivity contribution in [2.24, 2.45) is 9.98 Å². The number of nitrogens with zero attached hydrogens (tertiary/aromatic N) is 3. The molecule has 0 saturated carbocycles. The van der Waals surface area contributed by atoms with E-state index in [1.165, 1.54) is 5.56 Å². The molecule has 4 rings (SSSR count). The van der Waals surface area contributed by atoms with Gasteiger partial charge in [0.05, 0.1) is 13.2 Å². The summed E-state index contributed by atoms with van der Waals surface area (Å²) in [6, 6.07) is 8.24. The highest BCUT2D eigenvalue weighted by Crippen LogP contribution is 2.35. The Kier molecular flexibility index (Phi) is 3.35. The second kappa shape index (κ2) is 5.35. The van der Waals surface area contributed by atoms with Gasteiger partial charge in [0.15, 0.2) is 16.8 Å². The maximum Gasteiger partial charge on any atom is 0.219 e. The number of aliphatic imine (C=N–C) groups is 2. The molecule has 1 fully saturated rings. The van der Waals surface area contributed by atoms with Gasteiger partial charge in [-0.15, -0.1) is 0 Å². The van der Waals surface area contributed by atoms with E-state index >= 15 is 0 Å². The zero-order valence-electron chi connectivity index (χ0n) is 11.9. The Bertz CT molecular complexity index is 593. The quantitative estimate of drug-likeness (QED) is 0.794. The number of benzene rings is 1. The molecule has 5 nitrogen and oxygen atoms in total. The molecule has 0 amide bonds. The first-order valence-electron chi connectivity index (χ1n) is 7.18. The number of morpholine rings is 1. The summed E-state index contributed by atoms with van der Waals surface area (Å²) in [5.41, 5.74) is 2.25. The Morgan fingerprint density at radius 2 is 1.90 bits per heavy atom. The van der Waals surface area contributed by atoms with Crippen LogP contribution in [0.4, 0.5) is 0 Å². The maximum atomic E-state index is 5.97. The van der Waals surface area contributed by atoms with Crippen LogP contribution in [-0.2, 0) is 9.47 Å². The van der Waals surface area contributed by atoms with Crippen molar-refractivity contribution in [1.29, 1.82) is 0 Å². The molecule has 0 radical (unpaired) electrons. The highest BCUT2D eigenvalue weighted by Gasteiger charge is 2.40. The van der Waals surface area contributed by atoms with Gasteiger partial charge in [-0.25, -0.2) is 9.98 Å². The average molecular weight is 303 g/mol. The number of thioether (sulfide) groups is 1. The van der Waals surface area contributed by atoms with Crippen LogP contribution in [0.3, 0.4) is 0 Å². The zero-order chi connectivity index (χ0) is 14.2. The van der Waals surface area contributed by atoms with Gasteiger partial charge in [0.2, 0.25) is 5.90 Å². The van der Waals surface area contributed by atoms with Gasteiger partial charge in [-0.1, -0.05) is 17.7 Å². The van der Waals surface area contributed by atoms with Crippen molar-refractivity contribution in [3.05, 3.63) is 35.4 Å². The van der Waals surface area contributed by atoms with Gasteiger partial charge in [0, 0.05) is 18.7 Å². The van der Waals surface area contributed by atoms with Crippen LogP contribution < -0.4 is 0 Å². The molecule has 1 aromatic carbocycles. The van der Waals surface area contributed by atoms with E-state index in [9.17, 15) is 0 Å². The Morgan fingerprint density at radius 3 is 2.62 bits per heavy atom. The molecule has 1 aromatic rings. The molecule has 21 heavy (non-hydrogen) atoms. The molecule has 0 aliphatic carbocycles. The minimum Gasteiger partial charge on any atom is -0.458 e. The van der Waals surface area contributed by atoms with Crippen molar-refractivity contribution in [3.63, 3.8) is 0 Å². The highest BCUT2D eigenvalue weighted by molar-refractivity contribution is 8.14. The number of hydrogen-bond donors (Lipinski definition) is 0. The summed E-state index contributed by atoms with van der Waals surface area (Å²) in [5, 5.41) is 1.04. The van der Waals surface area contributed by atoms with Crippen molar-refractivity contribution in [3.8, 4) is 0 Å². The fraction of sp³-hybridized carbons (Fsp3) is 0.467. The van der Waals surface area contributed by atoms with Crippen molar-refractivity contribution < 1.29 is 9.47 Å². The van der Waals surface area contributed by atoms with Crippen molar-refractivity contribution >= 4 is 22.8 Å². The van der Waals surface area contributed by atoms with Crippen LogP contribution in [0, 0.1) is 6.92 Å². The molecule has 0 aromatic heterocycles. The Hall–Kier alpha value is -1.53. The summed E-state index contributed by atoms with van der Waals surface area (Å²) in [6.07, 6.45) is -0.107. The van der Waals surface area contributed by atoms with Crippen molar-refractivity contribution in [2.75, 3.05) is 26.3 Å². The summed E-state index contributed by atoms with van der Waals surface area (Å²) in [5.74, 6) is 0.710. The first kappa shape index (κ1) is 13.2. The SMILES string of the molecule is Cc1ccc(C2=NC3N=C(N4CCOCC4)SC3O2)cc1. The molecule has 1 saturated heterocycles. The normalized spacial score (nSPS) is 28.0. The van der Waals surface area contributed by atoms with Gasteiger partial charge in [0.1, 0.15) is 0 Å². The standard InChI is InChI=1S/C15H17N3O2S/c1-10-2-4-11(5-3-10)13-16-12-14(20-13)21-15(17-12)18-6-8-19-9-7-18/h2-5,12,14H,6-9H2,1H3. The van der Waals surface area contributed by atoms with Crippen LogP contribution in [0.5, 0.6) is 0 Å². The van der Waals surface area contributed by atoms with Crippen molar-refractivity contribution in [2.45, 2.75) is 18.5 Å². The molecule has 3 heterocycles. The van der Waals surface area contributed by atoms with E-state index in [4.69, 9.17) is 14.5 Å². The van der Waals surface area contributed by atoms with E-state index < -0.39 is 0 Å². The molecule has 0 N–H and O–H groups in total. The van der Waals surface area contributed by atoms with E-state index in [1.807, 2.05) is 12.1 Å². The predicted molar refractivity (Wildman–Crippen MR) is 83.8 cm³/mol. The summed E-state index contributed by atoms with van der Waals surface area (Å²) < 4.78 is 11.3. The minimum absolute atomic E-state index is 0.0147. The van der Waals surface area contributed by atoms with Gasteiger partial charge in [-0.3, -0.25) is 0 Å². The van der Waals surface area contributed by atoms with Gasteiger partial charge < -0.3 is 14.4 Å². The largest absolute Gasteiger partial charge is 0.458 e. The molecule has 3 aliphatic heterocycles. The van der Waals surface area contributed by atoms with Crippen LogP contribution in [0.2, 0.25) is 0 Å². The summed E-state index contributed by atoms with van der Waals surface area (Å²) in [7, 11) is 0. The lowest BCUT2D eigenvalue weighted by molar-refractivity contribution is 0.0693. The molecule has 6 heteroatoms. The lowest BCUT2D eigenvalue weighted by Crippen LogP contribution is -2.39. The van der Waals surface area contributed by atoms with E-state index in [0.29, 0.717) is 5.90 Å². The smallest absolute Gasteiger partial charge is 0.219 e. The molecular weight excluding hydrogens is 286 g/mol. The summed E-state index contributed by atoms with van der Waals surface area (Å²) >= 11 is 1.67. The van der Waals surface area contributed by atoms with Crippen LogP contribution >= 0.6 is 11.8 Å². The number of ether oxygens (including phenoxy) is 2. The highest BCUT2D eigenvalue weighted by atomic mass is 32.2. The molecular formula is C15H17N3O2S. The van der Waals surface area contributed by atoms with E-state index in [0.717, 1.165) is 37.0 Å². The van der Waals surface area contributed by atoms with Crippen LogP contribution in [0.1, 0.15) is 11.1 Å².